The van der Waals surface area contributed by atoms with E-state index in [-0.39, 0.29) is 17.2 Å². The SMILES string of the molecule is CCCC[C@H](C(=O)C(=O)NC12CC3CC(CC(C3)C1)C2)C(=O)C(C)C. The molecular formula is C21H33NO3. The number of unbranched alkanes of at least 4 members (excludes halogenated alkanes) is 1. The van der Waals surface area contributed by atoms with Crippen molar-refractivity contribution in [1.82, 2.24) is 5.32 Å². The van der Waals surface area contributed by atoms with Crippen molar-refractivity contribution < 1.29 is 14.4 Å². The molecule has 0 heterocycles. The van der Waals surface area contributed by atoms with Gasteiger partial charge in [-0.3, -0.25) is 14.4 Å². The maximum Gasteiger partial charge on any atom is 0.288 e. The number of hydrogen-bond donors (Lipinski definition) is 1. The highest BCUT2D eigenvalue weighted by Crippen LogP contribution is 2.55. The molecule has 4 nitrogen and oxygen atoms in total. The Labute approximate surface area is 151 Å². The molecule has 4 fully saturated rings. The standard InChI is InChI=1S/C21H33NO3/c1-4-5-6-17(18(23)13(2)3)19(24)20(25)22-21-10-14-7-15(11-21)9-16(8-14)12-21/h13-17H,4-12H2,1-3H3,(H,22,25)/t14?,15?,16?,17-,21?/m0/s1. The third kappa shape index (κ3) is 3.83. The summed E-state index contributed by atoms with van der Waals surface area (Å²) < 4.78 is 0. The summed E-state index contributed by atoms with van der Waals surface area (Å²) in [5.41, 5.74) is -0.169. The van der Waals surface area contributed by atoms with Crippen LogP contribution in [0.2, 0.25) is 0 Å². The third-order valence-electron chi connectivity index (χ3n) is 6.72. The molecule has 4 rings (SSSR count). The first-order valence-corrected chi connectivity index (χ1v) is 10.2. The minimum Gasteiger partial charge on any atom is -0.344 e. The van der Waals surface area contributed by atoms with Gasteiger partial charge in [-0.2, -0.15) is 0 Å². The minimum atomic E-state index is -0.756. The summed E-state index contributed by atoms with van der Waals surface area (Å²) in [6.45, 7) is 5.66. The molecule has 0 aromatic heterocycles. The van der Waals surface area contributed by atoms with Gasteiger partial charge in [-0.1, -0.05) is 33.6 Å². The highest BCUT2D eigenvalue weighted by molar-refractivity contribution is 6.40. The Bertz CT molecular complexity index is 516. The smallest absolute Gasteiger partial charge is 0.288 e. The fraction of sp³-hybridized carbons (Fsp3) is 0.857. The van der Waals surface area contributed by atoms with Crippen LogP contribution in [0.1, 0.15) is 78.6 Å². The molecule has 4 aliphatic rings. The van der Waals surface area contributed by atoms with Crippen molar-refractivity contribution in [1.29, 1.82) is 0 Å². The topological polar surface area (TPSA) is 63.2 Å². The molecule has 0 aromatic carbocycles. The van der Waals surface area contributed by atoms with Gasteiger partial charge in [0.05, 0.1) is 5.92 Å². The number of carbonyl (C=O) groups is 3. The second-order valence-corrected chi connectivity index (χ2v) is 9.27. The fourth-order valence-corrected chi connectivity index (χ4v) is 5.94. The lowest BCUT2D eigenvalue weighted by atomic mass is 9.53. The van der Waals surface area contributed by atoms with E-state index >= 15 is 0 Å². The number of ketones is 2. The van der Waals surface area contributed by atoms with Gasteiger partial charge in [0.2, 0.25) is 5.78 Å². The lowest BCUT2D eigenvalue weighted by molar-refractivity contribution is -0.147. The Hall–Kier alpha value is -1.19. The van der Waals surface area contributed by atoms with E-state index in [2.05, 4.69) is 5.32 Å². The summed E-state index contributed by atoms with van der Waals surface area (Å²) >= 11 is 0. The zero-order valence-electron chi connectivity index (χ0n) is 16.0. The molecule has 4 aliphatic carbocycles. The molecule has 0 spiro atoms. The molecule has 0 saturated heterocycles. The van der Waals surface area contributed by atoms with E-state index in [1.165, 1.54) is 19.3 Å². The van der Waals surface area contributed by atoms with Gasteiger partial charge in [-0.25, -0.2) is 0 Å². The summed E-state index contributed by atoms with van der Waals surface area (Å²) in [6.07, 6.45) is 9.20. The van der Waals surface area contributed by atoms with Gasteiger partial charge >= 0.3 is 0 Å². The summed E-state index contributed by atoms with van der Waals surface area (Å²) in [6, 6.07) is 0. The van der Waals surface area contributed by atoms with Gasteiger partial charge in [0.1, 0.15) is 5.78 Å². The number of carbonyl (C=O) groups excluding carboxylic acids is 3. The van der Waals surface area contributed by atoms with Crippen LogP contribution in [0.15, 0.2) is 0 Å². The first-order chi connectivity index (χ1) is 11.8. The van der Waals surface area contributed by atoms with Crippen LogP contribution in [0, 0.1) is 29.6 Å². The number of rotatable bonds is 8. The van der Waals surface area contributed by atoms with Gasteiger partial charge in [0.15, 0.2) is 0 Å². The van der Waals surface area contributed by atoms with Crippen LogP contribution < -0.4 is 5.32 Å². The van der Waals surface area contributed by atoms with Crippen LogP contribution in [-0.4, -0.2) is 23.0 Å². The van der Waals surface area contributed by atoms with E-state index in [4.69, 9.17) is 0 Å². The molecule has 4 heteroatoms. The Morgan fingerprint density at radius 2 is 1.52 bits per heavy atom. The molecule has 0 aromatic rings. The summed E-state index contributed by atoms with van der Waals surface area (Å²) in [7, 11) is 0. The van der Waals surface area contributed by atoms with Crippen molar-refractivity contribution in [3.05, 3.63) is 0 Å². The quantitative estimate of drug-likeness (QED) is 0.538. The van der Waals surface area contributed by atoms with Gasteiger partial charge in [0.25, 0.3) is 5.91 Å². The zero-order valence-corrected chi connectivity index (χ0v) is 16.0. The molecule has 1 amide bonds. The fourth-order valence-electron chi connectivity index (χ4n) is 5.94. The Morgan fingerprint density at radius 3 is 1.96 bits per heavy atom. The summed E-state index contributed by atoms with van der Waals surface area (Å²) in [5.74, 6) is 0.102. The average Bonchev–Trinajstić information content (AvgIpc) is 2.52. The van der Waals surface area contributed by atoms with Crippen LogP contribution in [0.3, 0.4) is 0 Å². The minimum absolute atomic E-state index is 0.0842. The highest BCUT2D eigenvalue weighted by Gasteiger charge is 2.52. The monoisotopic (exact) mass is 347 g/mol. The summed E-state index contributed by atoms with van der Waals surface area (Å²) in [4.78, 5) is 38.0. The molecule has 4 bridgehead atoms. The van der Waals surface area contributed by atoms with Crippen molar-refractivity contribution in [3.8, 4) is 0 Å². The lowest BCUT2D eigenvalue weighted by Gasteiger charge is -2.56. The Balaban J connectivity index is 1.68. The molecule has 1 N–H and O–H groups in total. The maximum absolute atomic E-state index is 12.8. The van der Waals surface area contributed by atoms with E-state index in [9.17, 15) is 14.4 Å². The second-order valence-electron chi connectivity index (χ2n) is 9.27. The van der Waals surface area contributed by atoms with E-state index < -0.39 is 17.6 Å². The Morgan fingerprint density at radius 1 is 1.00 bits per heavy atom. The van der Waals surface area contributed by atoms with Crippen molar-refractivity contribution in [2.45, 2.75) is 84.1 Å². The molecule has 4 saturated carbocycles. The van der Waals surface area contributed by atoms with Gasteiger partial charge in [0, 0.05) is 11.5 Å². The number of Topliss-reactive ketones (excluding diaryl/α,β-unsaturated/α-hetero) is 2. The second kappa shape index (κ2) is 7.20. The van der Waals surface area contributed by atoms with E-state index in [1.54, 1.807) is 0 Å². The van der Waals surface area contributed by atoms with Crippen LogP contribution in [0.4, 0.5) is 0 Å². The van der Waals surface area contributed by atoms with Crippen molar-refractivity contribution >= 4 is 17.5 Å². The van der Waals surface area contributed by atoms with Gasteiger partial charge in [-0.05, 0) is 62.7 Å². The largest absolute Gasteiger partial charge is 0.344 e. The highest BCUT2D eigenvalue weighted by atomic mass is 16.2. The zero-order chi connectivity index (χ0) is 18.2. The van der Waals surface area contributed by atoms with Crippen LogP contribution in [0.25, 0.3) is 0 Å². The predicted molar refractivity (Wildman–Crippen MR) is 96.9 cm³/mol. The predicted octanol–water partition coefficient (Wildman–Crippen LogP) is 3.67. The van der Waals surface area contributed by atoms with Crippen LogP contribution >= 0.6 is 0 Å². The van der Waals surface area contributed by atoms with Gasteiger partial charge in [-0.15, -0.1) is 0 Å². The number of hydrogen-bond acceptors (Lipinski definition) is 3. The van der Waals surface area contributed by atoms with E-state index in [0.29, 0.717) is 6.42 Å². The Kier molecular flexibility index (Phi) is 5.36. The molecule has 25 heavy (non-hydrogen) atoms. The number of amides is 1. The van der Waals surface area contributed by atoms with Gasteiger partial charge < -0.3 is 5.32 Å². The average molecular weight is 347 g/mol. The summed E-state index contributed by atoms with van der Waals surface area (Å²) in [5, 5.41) is 3.13. The maximum atomic E-state index is 12.8. The van der Waals surface area contributed by atoms with E-state index in [1.807, 2.05) is 20.8 Å². The molecule has 0 radical (unpaired) electrons. The first-order valence-electron chi connectivity index (χ1n) is 10.2. The lowest BCUT2D eigenvalue weighted by Crippen LogP contribution is -2.61. The molecule has 0 unspecified atom stereocenters. The first kappa shape index (κ1) is 18.6. The van der Waals surface area contributed by atoms with Crippen LogP contribution in [-0.2, 0) is 14.4 Å². The normalized spacial score (nSPS) is 34.2. The molecular weight excluding hydrogens is 314 g/mol. The third-order valence-corrected chi connectivity index (χ3v) is 6.72. The van der Waals surface area contributed by atoms with Crippen molar-refractivity contribution in [2.75, 3.05) is 0 Å². The molecule has 0 aliphatic heterocycles. The van der Waals surface area contributed by atoms with Crippen LogP contribution in [0.5, 0.6) is 0 Å². The van der Waals surface area contributed by atoms with Crippen molar-refractivity contribution in [3.63, 3.8) is 0 Å². The van der Waals surface area contributed by atoms with Crippen molar-refractivity contribution in [2.24, 2.45) is 29.6 Å². The molecule has 140 valence electrons. The van der Waals surface area contributed by atoms with E-state index in [0.717, 1.165) is 49.9 Å². The molecule has 1 atom stereocenters. The number of nitrogens with one attached hydrogen (secondary N) is 1.